The van der Waals surface area contributed by atoms with Gasteiger partial charge in [-0.25, -0.2) is 9.97 Å². The summed E-state index contributed by atoms with van der Waals surface area (Å²) in [6, 6.07) is 6.39. The SMILES string of the molecule is NC(=O)c1cnc2ccc(-c3c(-c4ccn(C5CCC5)n4)nc4sccn34)cn12. The Hall–Kier alpha value is -3.46. The molecule has 1 saturated carbocycles. The summed E-state index contributed by atoms with van der Waals surface area (Å²) >= 11 is 1.58. The summed E-state index contributed by atoms with van der Waals surface area (Å²) < 4.78 is 5.84. The normalized spacial score (nSPS) is 14.6. The summed E-state index contributed by atoms with van der Waals surface area (Å²) in [6.45, 7) is 0. The number of thiazole rings is 1. The van der Waals surface area contributed by atoms with Crippen LogP contribution in [0.5, 0.6) is 0 Å². The summed E-state index contributed by atoms with van der Waals surface area (Å²) in [5.74, 6) is -0.511. The minimum Gasteiger partial charge on any atom is -0.364 e. The van der Waals surface area contributed by atoms with Crippen molar-refractivity contribution in [3.63, 3.8) is 0 Å². The van der Waals surface area contributed by atoms with E-state index < -0.39 is 5.91 Å². The van der Waals surface area contributed by atoms with Gasteiger partial charge in [0.25, 0.3) is 5.91 Å². The van der Waals surface area contributed by atoms with E-state index in [0.717, 1.165) is 27.6 Å². The Morgan fingerprint density at radius 2 is 2.07 bits per heavy atom. The van der Waals surface area contributed by atoms with Crippen molar-refractivity contribution in [2.24, 2.45) is 5.73 Å². The van der Waals surface area contributed by atoms with Crippen LogP contribution in [0.2, 0.25) is 0 Å². The van der Waals surface area contributed by atoms with Gasteiger partial charge in [-0.3, -0.25) is 18.3 Å². The Balaban J connectivity index is 1.55. The highest BCUT2D eigenvalue weighted by Crippen LogP contribution is 2.36. The maximum atomic E-state index is 11.8. The smallest absolute Gasteiger partial charge is 0.267 e. The number of imidazole rings is 2. The van der Waals surface area contributed by atoms with Gasteiger partial charge in [-0.2, -0.15) is 5.10 Å². The molecule has 1 amide bonds. The van der Waals surface area contributed by atoms with E-state index in [1.807, 2.05) is 42.2 Å². The zero-order chi connectivity index (χ0) is 19.5. The van der Waals surface area contributed by atoms with Crippen LogP contribution in [-0.4, -0.2) is 34.5 Å². The monoisotopic (exact) mass is 403 g/mol. The lowest BCUT2D eigenvalue weighted by atomic mass is 9.93. The number of aromatic nitrogens is 6. The van der Waals surface area contributed by atoms with Crippen LogP contribution < -0.4 is 5.73 Å². The molecule has 1 aliphatic rings. The van der Waals surface area contributed by atoms with Gasteiger partial charge in [0.15, 0.2) is 4.96 Å². The molecule has 5 aromatic rings. The largest absolute Gasteiger partial charge is 0.364 e. The zero-order valence-electron chi connectivity index (χ0n) is 15.4. The van der Waals surface area contributed by atoms with E-state index in [1.54, 1.807) is 15.7 Å². The fraction of sp³-hybridized carbons (Fsp3) is 0.200. The van der Waals surface area contributed by atoms with Crippen LogP contribution in [0, 0.1) is 0 Å². The average Bonchev–Trinajstić information content (AvgIpc) is 3.41. The quantitative estimate of drug-likeness (QED) is 0.497. The summed E-state index contributed by atoms with van der Waals surface area (Å²) in [6.07, 6.45) is 11.1. The van der Waals surface area contributed by atoms with E-state index >= 15 is 0 Å². The molecule has 0 aromatic carbocycles. The van der Waals surface area contributed by atoms with Gasteiger partial charge in [0.2, 0.25) is 0 Å². The number of carbonyl (C=O) groups excluding carboxylic acids is 1. The number of nitrogens with zero attached hydrogens (tertiary/aromatic N) is 6. The molecule has 0 spiro atoms. The van der Waals surface area contributed by atoms with Gasteiger partial charge >= 0.3 is 0 Å². The van der Waals surface area contributed by atoms with Gasteiger partial charge in [-0.05, 0) is 37.5 Å². The van der Waals surface area contributed by atoms with Crippen LogP contribution in [0.1, 0.15) is 35.8 Å². The van der Waals surface area contributed by atoms with E-state index in [-0.39, 0.29) is 0 Å². The Morgan fingerprint density at radius 1 is 1.17 bits per heavy atom. The van der Waals surface area contributed by atoms with Gasteiger partial charge in [0.1, 0.15) is 22.7 Å². The fourth-order valence-electron chi connectivity index (χ4n) is 3.86. The minimum absolute atomic E-state index is 0.351. The van der Waals surface area contributed by atoms with Crippen LogP contribution in [0.4, 0.5) is 0 Å². The third-order valence-corrected chi connectivity index (χ3v) is 6.35. The second-order valence-electron chi connectivity index (χ2n) is 7.28. The van der Waals surface area contributed by atoms with Crippen LogP contribution in [0.25, 0.3) is 33.3 Å². The van der Waals surface area contributed by atoms with Crippen molar-refractivity contribution in [1.82, 2.24) is 28.5 Å². The number of amides is 1. The third-order valence-electron chi connectivity index (χ3n) is 5.59. The summed E-state index contributed by atoms with van der Waals surface area (Å²) in [4.78, 5) is 21.8. The molecule has 0 atom stereocenters. The Kier molecular flexibility index (Phi) is 3.42. The number of fused-ring (bicyclic) bond motifs is 2. The van der Waals surface area contributed by atoms with Crippen molar-refractivity contribution >= 4 is 27.9 Å². The predicted molar refractivity (Wildman–Crippen MR) is 110 cm³/mol. The van der Waals surface area contributed by atoms with Crippen molar-refractivity contribution < 1.29 is 4.79 Å². The highest BCUT2D eigenvalue weighted by molar-refractivity contribution is 7.15. The molecule has 144 valence electrons. The number of nitrogens with two attached hydrogens (primary N) is 1. The van der Waals surface area contributed by atoms with E-state index in [4.69, 9.17) is 15.8 Å². The molecule has 0 radical (unpaired) electrons. The first-order valence-corrected chi connectivity index (χ1v) is 10.4. The van der Waals surface area contributed by atoms with Crippen molar-refractivity contribution in [1.29, 1.82) is 0 Å². The number of hydrogen-bond donors (Lipinski definition) is 1. The lowest BCUT2D eigenvalue weighted by Crippen LogP contribution is -2.17. The fourth-order valence-corrected chi connectivity index (χ4v) is 4.58. The maximum absolute atomic E-state index is 11.8. The summed E-state index contributed by atoms with van der Waals surface area (Å²) in [5.41, 5.74) is 10.1. The van der Waals surface area contributed by atoms with Crippen LogP contribution in [0.15, 0.2) is 48.4 Å². The first kappa shape index (κ1) is 16.5. The lowest BCUT2D eigenvalue weighted by molar-refractivity contribution is 0.0995. The molecule has 2 N–H and O–H groups in total. The molecule has 6 rings (SSSR count). The highest BCUT2D eigenvalue weighted by Gasteiger charge is 2.23. The zero-order valence-corrected chi connectivity index (χ0v) is 16.2. The van der Waals surface area contributed by atoms with Crippen molar-refractivity contribution in [3.05, 3.63) is 54.1 Å². The minimum atomic E-state index is -0.511. The average molecular weight is 403 g/mol. The van der Waals surface area contributed by atoms with Gasteiger partial charge in [0.05, 0.1) is 17.9 Å². The highest BCUT2D eigenvalue weighted by atomic mass is 32.1. The lowest BCUT2D eigenvalue weighted by Gasteiger charge is -2.25. The first-order chi connectivity index (χ1) is 14.2. The van der Waals surface area contributed by atoms with Crippen molar-refractivity contribution in [2.45, 2.75) is 25.3 Å². The molecule has 0 saturated heterocycles. The van der Waals surface area contributed by atoms with Crippen molar-refractivity contribution in [3.8, 4) is 22.6 Å². The van der Waals surface area contributed by atoms with Gasteiger partial charge in [-0.15, -0.1) is 11.3 Å². The number of hydrogen-bond acceptors (Lipinski definition) is 5. The molecule has 0 unspecified atom stereocenters. The standard InChI is InChI=1S/C20H17N7OS/c21-19(28)15-10-22-16-5-4-12(11-26(15)16)18-17(23-20-25(18)8-9-29-20)14-6-7-27(24-14)13-2-1-3-13/h4-11,13H,1-3H2,(H2,21,28). The molecule has 0 bridgehead atoms. The molecule has 29 heavy (non-hydrogen) atoms. The van der Waals surface area contributed by atoms with Gasteiger partial charge < -0.3 is 5.73 Å². The number of primary amides is 1. The molecule has 9 heteroatoms. The number of rotatable bonds is 4. The Morgan fingerprint density at radius 3 is 2.86 bits per heavy atom. The van der Waals surface area contributed by atoms with Gasteiger partial charge in [0, 0.05) is 29.5 Å². The summed E-state index contributed by atoms with van der Waals surface area (Å²) in [7, 11) is 0. The molecular formula is C20H17N7OS. The van der Waals surface area contributed by atoms with E-state index in [9.17, 15) is 4.79 Å². The predicted octanol–water partition coefficient (Wildman–Crippen LogP) is 3.40. The number of pyridine rings is 1. The van der Waals surface area contributed by atoms with E-state index in [1.165, 1.54) is 25.5 Å². The molecule has 0 aliphatic heterocycles. The molecule has 8 nitrogen and oxygen atoms in total. The second-order valence-corrected chi connectivity index (χ2v) is 8.16. The molecule has 5 heterocycles. The molecule has 5 aromatic heterocycles. The maximum Gasteiger partial charge on any atom is 0.267 e. The topological polar surface area (TPSA) is 95.5 Å². The van der Waals surface area contributed by atoms with Crippen LogP contribution in [-0.2, 0) is 0 Å². The molecular weight excluding hydrogens is 386 g/mol. The molecule has 1 fully saturated rings. The van der Waals surface area contributed by atoms with Crippen molar-refractivity contribution in [2.75, 3.05) is 0 Å². The second kappa shape index (κ2) is 6.02. The summed E-state index contributed by atoms with van der Waals surface area (Å²) in [5, 5.41) is 6.82. The molecule has 1 aliphatic carbocycles. The van der Waals surface area contributed by atoms with Crippen LogP contribution in [0.3, 0.4) is 0 Å². The van der Waals surface area contributed by atoms with E-state index in [0.29, 0.717) is 17.4 Å². The number of carbonyl (C=O) groups is 1. The van der Waals surface area contributed by atoms with E-state index in [2.05, 4.69) is 14.1 Å². The third kappa shape index (κ3) is 2.44. The Labute approximate surface area is 169 Å². The first-order valence-electron chi connectivity index (χ1n) is 9.47. The van der Waals surface area contributed by atoms with Crippen LogP contribution >= 0.6 is 11.3 Å². The Bertz CT molecular complexity index is 1380. The van der Waals surface area contributed by atoms with Gasteiger partial charge in [-0.1, -0.05) is 0 Å².